The average molecular weight is 306 g/mol. The van der Waals surface area contributed by atoms with Crippen molar-refractivity contribution in [1.82, 2.24) is 4.98 Å². The molecule has 0 unspecified atom stereocenters. The molecule has 0 aliphatic heterocycles. The number of aromatic carboxylic acids is 1. The molecule has 2 aromatic rings. The average Bonchev–Trinajstić information content (AvgIpc) is 2.43. The number of rotatable bonds is 3. The number of aryl methyl sites for hydroxylation is 1. The predicted octanol–water partition coefficient (Wildman–Crippen LogP) is 3.39. The van der Waals surface area contributed by atoms with E-state index in [1.165, 1.54) is 18.5 Å². The number of benzene rings is 1. The summed E-state index contributed by atoms with van der Waals surface area (Å²) in [6.07, 6.45) is 2.55. The molecule has 0 spiro atoms. The highest BCUT2D eigenvalue weighted by Crippen LogP contribution is 2.25. The number of nitrogens with one attached hydrogen (secondary N) is 2. The largest absolute Gasteiger partial charge is 0.478 e. The smallest absolute Gasteiger partial charge is 0.337 e. The second-order valence-corrected chi connectivity index (χ2v) is 4.69. The van der Waals surface area contributed by atoms with E-state index in [2.05, 4.69) is 15.6 Å². The van der Waals surface area contributed by atoms with Crippen LogP contribution in [0.5, 0.6) is 0 Å². The van der Waals surface area contributed by atoms with Crippen LogP contribution in [0.4, 0.5) is 16.2 Å². The maximum Gasteiger partial charge on any atom is 0.337 e. The summed E-state index contributed by atoms with van der Waals surface area (Å²) in [5, 5.41) is 14.4. The van der Waals surface area contributed by atoms with Crippen molar-refractivity contribution in [2.75, 3.05) is 10.6 Å². The molecule has 1 heterocycles. The Hall–Kier alpha value is -2.60. The van der Waals surface area contributed by atoms with Crippen molar-refractivity contribution >= 4 is 35.0 Å². The Morgan fingerprint density at radius 3 is 2.67 bits per heavy atom. The summed E-state index contributed by atoms with van der Waals surface area (Å²) in [5.41, 5.74) is 1.58. The fraction of sp³-hybridized carbons (Fsp3) is 0.0714. The molecule has 2 rings (SSSR count). The third-order valence-electron chi connectivity index (χ3n) is 2.70. The Morgan fingerprint density at radius 2 is 2.00 bits per heavy atom. The molecule has 2 amide bonds. The molecule has 3 N–H and O–H groups in total. The van der Waals surface area contributed by atoms with E-state index in [1.54, 1.807) is 12.1 Å². The van der Waals surface area contributed by atoms with Gasteiger partial charge in [0.2, 0.25) is 0 Å². The first-order valence-electron chi connectivity index (χ1n) is 5.99. The number of carbonyl (C=O) groups excluding carboxylic acids is 1. The maximum absolute atomic E-state index is 11.9. The van der Waals surface area contributed by atoms with Gasteiger partial charge in [-0.1, -0.05) is 23.7 Å². The van der Waals surface area contributed by atoms with Gasteiger partial charge in [0.05, 0.1) is 28.2 Å². The molecule has 1 aromatic heterocycles. The number of carbonyl (C=O) groups is 2. The standard InChI is InChI=1S/C14H12ClN3O3/c1-8-3-2-4-11(15)12(8)18-14(21)17-10-5-9(13(19)20)6-16-7-10/h2-7H,1H3,(H,19,20)(H2,17,18,21). The number of hydrogen-bond acceptors (Lipinski definition) is 3. The van der Waals surface area contributed by atoms with Gasteiger partial charge in [0.15, 0.2) is 0 Å². The number of para-hydroxylation sites is 1. The molecule has 0 saturated heterocycles. The Kier molecular flexibility index (Phi) is 4.39. The van der Waals surface area contributed by atoms with Gasteiger partial charge in [0, 0.05) is 6.20 Å². The molecule has 21 heavy (non-hydrogen) atoms. The van der Waals surface area contributed by atoms with Crippen LogP contribution in [0.15, 0.2) is 36.7 Å². The lowest BCUT2D eigenvalue weighted by molar-refractivity contribution is 0.0696. The minimum atomic E-state index is -1.12. The van der Waals surface area contributed by atoms with Crippen molar-refractivity contribution in [3.8, 4) is 0 Å². The number of carboxylic acid groups (broad SMARTS) is 1. The van der Waals surface area contributed by atoms with Crippen LogP contribution in [0, 0.1) is 6.92 Å². The van der Waals surface area contributed by atoms with Crippen LogP contribution in [0.3, 0.4) is 0 Å². The van der Waals surface area contributed by atoms with Crippen molar-refractivity contribution in [3.63, 3.8) is 0 Å². The highest BCUT2D eigenvalue weighted by molar-refractivity contribution is 6.34. The quantitative estimate of drug-likeness (QED) is 0.810. The van der Waals surface area contributed by atoms with Gasteiger partial charge >= 0.3 is 12.0 Å². The molecule has 0 atom stereocenters. The topological polar surface area (TPSA) is 91.3 Å². The number of pyridine rings is 1. The number of nitrogens with zero attached hydrogens (tertiary/aromatic N) is 1. The number of anilines is 2. The van der Waals surface area contributed by atoms with Crippen molar-refractivity contribution in [2.45, 2.75) is 6.92 Å². The molecule has 0 radical (unpaired) electrons. The second-order valence-electron chi connectivity index (χ2n) is 4.28. The number of hydrogen-bond donors (Lipinski definition) is 3. The van der Waals surface area contributed by atoms with Crippen molar-refractivity contribution in [1.29, 1.82) is 0 Å². The Bertz CT molecular complexity index is 683. The van der Waals surface area contributed by atoms with Crippen LogP contribution in [-0.4, -0.2) is 22.1 Å². The fourth-order valence-electron chi connectivity index (χ4n) is 1.69. The number of urea groups is 1. The Balaban J connectivity index is 2.12. The molecule has 1 aromatic carbocycles. The molecule has 0 aliphatic rings. The minimum absolute atomic E-state index is 0.0123. The van der Waals surface area contributed by atoms with Gasteiger partial charge in [0.1, 0.15) is 0 Å². The summed E-state index contributed by atoms with van der Waals surface area (Å²) in [5.74, 6) is -1.12. The molecule has 0 aliphatic carbocycles. The van der Waals surface area contributed by atoms with Crippen molar-refractivity contribution in [3.05, 3.63) is 52.8 Å². The molecular weight excluding hydrogens is 294 g/mol. The van der Waals surface area contributed by atoms with Crippen molar-refractivity contribution < 1.29 is 14.7 Å². The number of carboxylic acids is 1. The molecule has 0 fully saturated rings. The minimum Gasteiger partial charge on any atom is -0.478 e. The molecule has 6 nitrogen and oxygen atoms in total. The molecule has 7 heteroatoms. The lowest BCUT2D eigenvalue weighted by atomic mass is 10.2. The normalized spacial score (nSPS) is 10.0. The summed E-state index contributed by atoms with van der Waals surface area (Å²) in [7, 11) is 0. The first-order valence-corrected chi connectivity index (χ1v) is 6.36. The molecule has 0 bridgehead atoms. The zero-order valence-electron chi connectivity index (χ0n) is 11.1. The number of halogens is 1. The van der Waals surface area contributed by atoms with E-state index in [9.17, 15) is 9.59 Å². The van der Waals surface area contributed by atoms with Crippen LogP contribution in [0.25, 0.3) is 0 Å². The highest BCUT2D eigenvalue weighted by atomic mass is 35.5. The van der Waals surface area contributed by atoms with Crippen LogP contribution in [0.1, 0.15) is 15.9 Å². The highest BCUT2D eigenvalue weighted by Gasteiger charge is 2.10. The summed E-state index contributed by atoms with van der Waals surface area (Å²) >= 11 is 6.01. The van der Waals surface area contributed by atoms with Gasteiger partial charge in [0.25, 0.3) is 0 Å². The summed E-state index contributed by atoms with van der Waals surface area (Å²) in [6.45, 7) is 1.81. The van der Waals surface area contributed by atoms with Crippen LogP contribution < -0.4 is 10.6 Å². The SMILES string of the molecule is Cc1cccc(Cl)c1NC(=O)Nc1cncc(C(=O)O)c1. The van der Waals surface area contributed by atoms with E-state index in [0.717, 1.165) is 5.56 Å². The molecule has 0 saturated carbocycles. The van der Waals surface area contributed by atoms with Gasteiger partial charge in [-0.2, -0.15) is 0 Å². The van der Waals surface area contributed by atoms with Crippen LogP contribution in [0.2, 0.25) is 5.02 Å². The predicted molar refractivity (Wildman–Crippen MR) is 80.0 cm³/mol. The van der Waals surface area contributed by atoms with E-state index >= 15 is 0 Å². The Morgan fingerprint density at radius 1 is 1.24 bits per heavy atom. The maximum atomic E-state index is 11.9. The zero-order chi connectivity index (χ0) is 15.4. The van der Waals surface area contributed by atoms with Crippen molar-refractivity contribution in [2.24, 2.45) is 0 Å². The lowest BCUT2D eigenvalue weighted by Crippen LogP contribution is -2.20. The molecular formula is C14H12ClN3O3. The van der Waals surface area contributed by atoms with E-state index in [-0.39, 0.29) is 11.3 Å². The van der Waals surface area contributed by atoms with E-state index in [4.69, 9.17) is 16.7 Å². The summed E-state index contributed by atoms with van der Waals surface area (Å²) in [4.78, 5) is 26.5. The van der Waals surface area contributed by atoms with Gasteiger partial charge in [-0.3, -0.25) is 4.98 Å². The zero-order valence-corrected chi connectivity index (χ0v) is 11.8. The lowest BCUT2D eigenvalue weighted by Gasteiger charge is -2.11. The number of amides is 2. The second kappa shape index (κ2) is 6.23. The third kappa shape index (κ3) is 3.70. The van der Waals surface area contributed by atoms with Crippen LogP contribution >= 0.6 is 11.6 Å². The first-order chi connectivity index (χ1) is 9.97. The number of aromatic nitrogens is 1. The molecule has 108 valence electrons. The van der Waals surface area contributed by atoms with Crippen LogP contribution in [-0.2, 0) is 0 Å². The summed E-state index contributed by atoms with van der Waals surface area (Å²) in [6, 6.07) is 6.04. The first kappa shape index (κ1) is 14.8. The third-order valence-corrected chi connectivity index (χ3v) is 3.02. The van der Waals surface area contributed by atoms with Gasteiger partial charge in [-0.05, 0) is 24.6 Å². The fourth-order valence-corrected chi connectivity index (χ4v) is 1.96. The van der Waals surface area contributed by atoms with Gasteiger partial charge < -0.3 is 15.7 Å². The summed E-state index contributed by atoms with van der Waals surface area (Å²) < 4.78 is 0. The van der Waals surface area contributed by atoms with E-state index in [0.29, 0.717) is 10.7 Å². The van der Waals surface area contributed by atoms with E-state index in [1.807, 2.05) is 13.0 Å². The van der Waals surface area contributed by atoms with E-state index < -0.39 is 12.0 Å². The van der Waals surface area contributed by atoms with Gasteiger partial charge in [-0.15, -0.1) is 0 Å². The Labute approximate surface area is 125 Å². The van der Waals surface area contributed by atoms with Gasteiger partial charge in [-0.25, -0.2) is 9.59 Å². The monoisotopic (exact) mass is 305 g/mol.